The van der Waals surface area contributed by atoms with Crippen LogP contribution in [0.15, 0.2) is 54.9 Å². The largest absolute Gasteiger partial charge is 0.356 e. The minimum Gasteiger partial charge on any atom is -0.356 e. The minimum absolute atomic E-state index is 0.147. The number of aryl methyl sites for hydroxylation is 2. The summed E-state index contributed by atoms with van der Waals surface area (Å²) in [5.41, 5.74) is 4.94. The first-order valence-corrected chi connectivity index (χ1v) is 9.46. The quantitative estimate of drug-likeness (QED) is 0.534. The van der Waals surface area contributed by atoms with Crippen LogP contribution >= 0.6 is 0 Å². The molecule has 0 saturated carbocycles. The van der Waals surface area contributed by atoms with Crippen molar-refractivity contribution in [3.63, 3.8) is 0 Å². The number of aromatic amines is 1. The molecule has 2 N–H and O–H groups in total. The van der Waals surface area contributed by atoms with E-state index in [0.29, 0.717) is 29.9 Å². The van der Waals surface area contributed by atoms with Crippen LogP contribution in [-0.4, -0.2) is 27.4 Å². The fourth-order valence-corrected chi connectivity index (χ4v) is 3.58. The Kier molecular flexibility index (Phi) is 5.08. The van der Waals surface area contributed by atoms with E-state index in [1.807, 2.05) is 26.0 Å². The summed E-state index contributed by atoms with van der Waals surface area (Å²) in [6.07, 6.45) is 3.99. The number of H-pyrrole nitrogens is 1. The molecule has 0 saturated heterocycles. The lowest BCUT2D eigenvalue weighted by Gasteiger charge is -2.08. The number of nitrogens with one attached hydrogen (secondary N) is 2. The number of hydrogen-bond acceptors (Lipinski definition) is 3. The van der Waals surface area contributed by atoms with Crippen LogP contribution in [0.5, 0.6) is 0 Å². The number of amides is 1. The van der Waals surface area contributed by atoms with Crippen LogP contribution in [0.1, 0.15) is 27.2 Å². The topological polar surface area (TPSA) is 70.7 Å². The predicted molar refractivity (Wildman–Crippen MR) is 111 cm³/mol. The zero-order valence-corrected chi connectivity index (χ0v) is 16.3. The molecule has 2 heterocycles. The lowest BCUT2D eigenvalue weighted by molar-refractivity contribution is 0.0954. The number of carbonyl (C=O) groups excluding carboxylic acids is 1. The average Bonchev–Trinajstić information content (AvgIpc) is 3.09. The molecule has 0 bridgehead atoms. The highest BCUT2D eigenvalue weighted by Crippen LogP contribution is 2.27. The molecule has 0 aliphatic heterocycles. The van der Waals surface area contributed by atoms with E-state index in [2.05, 4.69) is 20.3 Å². The van der Waals surface area contributed by atoms with Gasteiger partial charge < -0.3 is 10.3 Å². The highest BCUT2D eigenvalue weighted by atomic mass is 19.1. The second-order valence-corrected chi connectivity index (χ2v) is 7.00. The third-order valence-corrected chi connectivity index (χ3v) is 5.06. The molecular formula is C23H21FN4O. The fraction of sp³-hybridized carbons (Fsp3) is 0.174. The average molecular weight is 388 g/mol. The summed E-state index contributed by atoms with van der Waals surface area (Å²) in [4.78, 5) is 24.0. The molecule has 5 nitrogen and oxygen atoms in total. The number of hydrogen-bond donors (Lipinski definition) is 2. The first-order valence-electron chi connectivity index (χ1n) is 9.46. The zero-order valence-electron chi connectivity index (χ0n) is 16.3. The van der Waals surface area contributed by atoms with Gasteiger partial charge in [0.2, 0.25) is 0 Å². The Hall–Kier alpha value is -3.54. The maximum Gasteiger partial charge on any atom is 0.251 e. The van der Waals surface area contributed by atoms with Crippen molar-refractivity contribution in [2.75, 3.05) is 6.54 Å². The summed E-state index contributed by atoms with van der Waals surface area (Å²) in [5.74, 6) is 0.217. The lowest BCUT2D eigenvalue weighted by atomic mass is 10.0. The Morgan fingerprint density at radius 1 is 1.07 bits per heavy atom. The SMILES string of the molecule is Cc1[nH]c2c(F)ccc(C)c2c1CCNC(=O)c1ccc(-c2ncccn2)cc1. The summed E-state index contributed by atoms with van der Waals surface area (Å²) in [6, 6.07) is 12.2. The standard InChI is InChI=1S/C23H21FN4O/c1-14-4-9-19(24)21-20(14)18(15(2)28-21)10-13-27-23(29)17-7-5-16(6-8-17)22-25-11-3-12-26-22/h3-9,11-12,28H,10,13H2,1-2H3,(H,27,29). The van der Waals surface area contributed by atoms with Crippen LogP contribution in [0.4, 0.5) is 4.39 Å². The third kappa shape index (κ3) is 3.74. The first kappa shape index (κ1) is 18.8. The highest BCUT2D eigenvalue weighted by Gasteiger charge is 2.14. The van der Waals surface area contributed by atoms with Gasteiger partial charge in [0.15, 0.2) is 5.82 Å². The molecule has 146 valence electrons. The Labute approximate surface area is 168 Å². The number of rotatable bonds is 5. The van der Waals surface area contributed by atoms with Gasteiger partial charge in [-0.05, 0) is 55.7 Å². The van der Waals surface area contributed by atoms with Crippen LogP contribution in [0, 0.1) is 19.7 Å². The van der Waals surface area contributed by atoms with Crippen LogP contribution in [0.25, 0.3) is 22.3 Å². The minimum atomic E-state index is -0.258. The molecule has 0 aliphatic rings. The van der Waals surface area contributed by atoms with Gasteiger partial charge in [0.05, 0.1) is 5.52 Å². The molecule has 4 rings (SSSR count). The molecule has 1 amide bonds. The summed E-state index contributed by atoms with van der Waals surface area (Å²) < 4.78 is 14.1. The van der Waals surface area contributed by atoms with E-state index in [-0.39, 0.29) is 11.7 Å². The molecule has 0 radical (unpaired) electrons. The molecule has 2 aromatic heterocycles. The van der Waals surface area contributed by atoms with Gasteiger partial charge in [-0.25, -0.2) is 14.4 Å². The smallest absolute Gasteiger partial charge is 0.251 e. The van der Waals surface area contributed by atoms with E-state index in [1.165, 1.54) is 6.07 Å². The summed E-state index contributed by atoms with van der Waals surface area (Å²) in [5, 5.41) is 3.85. The summed E-state index contributed by atoms with van der Waals surface area (Å²) in [7, 11) is 0. The molecule has 6 heteroatoms. The molecule has 0 spiro atoms. The predicted octanol–water partition coefficient (Wildman–Crippen LogP) is 4.35. The molecule has 29 heavy (non-hydrogen) atoms. The number of aromatic nitrogens is 3. The van der Waals surface area contributed by atoms with Gasteiger partial charge in [0.1, 0.15) is 5.82 Å². The van der Waals surface area contributed by atoms with Crippen molar-refractivity contribution >= 4 is 16.8 Å². The number of nitrogens with zero attached hydrogens (tertiary/aromatic N) is 2. The molecular weight excluding hydrogens is 367 g/mol. The van der Waals surface area contributed by atoms with Gasteiger partial charge in [-0.2, -0.15) is 0 Å². The van der Waals surface area contributed by atoms with Crippen LogP contribution < -0.4 is 5.32 Å². The van der Waals surface area contributed by atoms with Crippen LogP contribution in [0.3, 0.4) is 0 Å². The molecule has 0 unspecified atom stereocenters. The maximum atomic E-state index is 14.1. The van der Waals surface area contributed by atoms with E-state index in [9.17, 15) is 9.18 Å². The summed E-state index contributed by atoms with van der Waals surface area (Å²) in [6.45, 7) is 4.36. The van der Waals surface area contributed by atoms with Crippen molar-refractivity contribution < 1.29 is 9.18 Å². The second-order valence-electron chi connectivity index (χ2n) is 7.00. The normalized spacial score (nSPS) is 11.0. The molecule has 0 aliphatic carbocycles. The van der Waals surface area contributed by atoms with E-state index in [4.69, 9.17) is 0 Å². The maximum absolute atomic E-state index is 14.1. The monoisotopic (exact) mass is 388 g/mol. The Morgan fingerprint density at radius 2 is 1.79 bits per heavy atom. The van der Waals surface area contributed by atoms with Gasteiger partial charge in [0.25, 0.3) is 5.91 Å². The Bertz CT molecular complexity index is 1170. The molecule has 0 atom stereocenters. The van der Waals surface area contributed by atoms with Crippen molar-refractivity contribution in [1.29, 1.82) is 0 Å². The van der Waals surface area contributed by atoms with Gasteiger partial charge in [-0.1, -0.05) is 18.2 Å². The Morgan fingerprint density at radius 3 is 2.52 bits per heavy atom. The van der Waals surface area contributed by atoms with Crippen molar-refractivity contribution in [1.82, 2.24) is 20.3 Å². The van der Waals surface area contributed by atoms with Gasteiger partial charge >= 0.3 is 0 Å². The van der Waals surface area contributed by atoms with E-state index in [0.717, 1.165) is 27.8 Å². The summed E-state index contributed by atoms with van der Waals surface area (Å²) >= 11 is 0. The number of halogens is 1. The van der Waals surface area contributed by atoms with Crippen LogP contribution in [0.2, 0.25) is 0 Å². The highest BCUT2D eigenvalue weighted by molar-refractivity contribution is 5.94. The van der Waals surface area contributed by atoms with E-state index in [1.54, 1.807) is 36.7 Å². The second kappa shape index (κ2) is 7.83. The van der Waals surface area contributed by atoms with Crippen LogP contribution in [-0.2, 0) is 6.42 Å². The molecule has 4 aromatic rings. The van der Waals surface area contributed by atoms with Crippen molar-refractivity contribution in [3.8, 4) is 11.4 Å². The first-order chi connectivity index (χ1) is 14.0. The fourth-order valence-electron chi connectivity index (χ4n) is 3.58. The van der Waals surface area contributed by atoms with Crippen molar-refractivity contribution in [3.05, 3.63) is 83.1 Å². The van der Waals surface area contributed by atoms with E-state index < -0.39 is 0 Å². The van der Waals surface area contributed by atoms with Crippen molar-refractivity contribution in [2.24, 2.45) is 0 Å². The third-order valence-electron chi connectivity index (χ3n) is 5.06. The number of carbonyl (C=O) groups is 1. The van der Waals surface area contributed by atoms with E-state index >= 15 is 0 Å². The van der Waals surface area contributed by atoms with Gasteiger partial charge in [-0.3, -0.25) is 4.79 Å². The number of benzene rings is 2. The molecule has 0 fully saturated rings. The van der Waals surface area contributed by atoms with Gasteiger partial charge in [0, 0.05) is 41.1 Å². The number of fused-ring (bicyclic) bond motifs is 1. The molecule has 2 aromatic carbocycles. The lowest BCUT2D eigenvalue weighted by Crippen LogP contribution is -2.25. The van der Waals surface area contributed by atoms with Gasteiger partial charge in [-0.15, -0.1) is 0 Å². The zero-order chi connectivity index (χ0) is 20.4. The Balaban J connectivity index is 1.44. The van der Waals surface area contributed by atoms with Crippen molar-refractivity contribution in [2.45, 2.75) is 20.3 Å².